The van der Waals surface area contributed by atoms with Crippen LogP contribution in [0.1, 0.15) is 52.4 Å². The molecule has 86 valence electrons. The van der Waals surface area contributed by atoms with Crippen molar-refractivity contribution in [2.75, 3.05) is 7.11 Å². The highest BCUT2D eigenvalue weighted by Crippen LogP contribution is 2.20. The van der Waals surface area contributed by atoms with Gasteiger partial charge in [-0.2, -0.15) is 0 Å². The summed E-state index contributed by atoms with van der Waals surface area (Å²) in [6, 6.07) is 2.62. The molecule has 0 N–H and O–H groups in total. The van der Waals surface area contributed by atoms with E-state index in [1.807, 2.05) is 7.11 Å². The molecule has 1 unspecified atom stereocenters. The zero-order valence-electron chi connectivity index (χ0n) is 10.6. The molecule has 0 saturated heterocycles. The maximum atomic E-state index is 5.65. The Hall–Kier alpha value is 0.177. The van der Waals surface area contributed by atoms with E-state index in [0.717, 1.165) is 0 Å². The molecular formula is C12H28OSi. The predicted octanol–water partition coefficient (Wildman–Crippen LogP) is 4.59. The van der Waals surface area contributed by atoms with Crippen molar-refractivity contribution >= 4 is 8.32 Å². The van der Waals surface area contributed by atoms with Gasteiger partial charge in [0.05, 0.1) is 0 Å². The zero-order chi connectivity index (χ0) is 10.9. The minimum absolute atomic E-state index is 1.26. The van der Waals surface area contributed by atoms with Gasteiger partial charge in [0.1, 0.15) is 0 Å². The second kappa shape index (κ2) is 8.48. The van der Waals surface area contributed by atoms with Crippen LogP contribution in [0.4, 0.5) is 0 Å². The highest BCUT2D eigenvalue weighted by atomic mass is 28.4. The lowest BCUT2D eigenvalue weighted by molar-refractivity contribution is 0.395. The summed E-state index contributed by atoms with van der Waals surface area (Å²) in [6.07, 6.45) is 8.39. The summed E-state index contributed by atoms with van der Waals surface area (Å²) in [6.45, 7) is 6.90. The second-order valence-electron chi connectivity index (χ2n) is 4.53. The van der Waals surface area contributed by atoms with Gasteiger partial charge in [-0.05, 0) is 18.6 Å². The van der Waals surface area contributed by atoms with Crippen molar-refractivity contribution in [3.63, 3.8) is 0 Å². The van der Waals surface area contributed by atoms with Crippen molar-refractivity contribution in [3.05, 3.63) is 0 Å². The molecule has 1 atom stereocenters. The maximum absolute atomic E-state index is 5.65. The van der Waals surface area contributed by atoms with E-state index in [1.165, 1.54) is 50.6 Å². The monoisotopic (exact) mass is 216 g/mol. The molecule has 0 amide bonds. The van der Waals surface area contributed by atoms with Crippen LogP contribution < -0.4 is 0 Å². The molecule has 0 aliphatic rings. The molecule has 0 rings (SSSR count). The third-order valence-electron chi connectivity index (χ3n) is 3.30. The molecule has 1 nitrogen and oxygen atoms in total. The van der Waals surface area contributed by atoms with Gasteiger partial charge in [-0.25, -0.2) is 0 Å². The van der Waals surface area contributed by atoms with Crippen LogP contribution in [-0.4, -0.2) is 15.4 Å². The Kier molecular flexibility index (Phi) is 8.59. The quantitative estimate of drug-likeness (QED) is 0.405. The van der Waals surface area contributed by atoms with Crippen molar-refractivity contribution in [1.29, 1.82) is 0 Å². The van der Waals surface area contributed by atoms with E-state index in [9.17, 15) is 0 Å². The summed E-state index contributed by atoms with van der Waals surface area (Å²) in [7, 11) is 0.630. The molecule has 0 aromatic heterocycles. The first kappa shape index (κ1) is 14.2. The molecule has 0 aromatic rings. The zero-order valence-corrected chi connectivity index (χ0v) is 11.6. The first-order valence-corrected chi connectivity index (χ1v) is 9.06. The Morgan fingerprint density at radius 2 is 1.50 bits per heavy atom. The van der Waals surface area contributed by atoms with Crippen LogP contribution in [0.15, 0.2) is 0 Å². The Morgan fingerprint density at radius 1 is 0.929 bits per heavy atom. The van der Waals surface area contributed by atoms with E-state index >= 15 is 0 Å². The molecule has 0 spiro atoms. The van der Waals surface area contributed by atoms with Gasteiger partial charge in [0, 0.05) is 7.11 Å². The van der Waals surface area contributed by atoms with Crippen molar-refractivity contribution in [2.45, 2.75) is 71.0 Å². The van der Waals surface area contributed by atoms with Crippen LogP contribution in [0.5, 0.6) is 0 Å². The van der Waals surface area contributed by atoms with E-state index in [1.54, 1.807) is 0 Å². The molecule has 0 aromatic carbocycles. The van der Waals surface area contributed by atoms with Crippen molar-refractivity contribution < 1.29 is 4.43 Å². The molecule has 0 radical (unpaired) electrons. The molecule has 2 heteroatoms. The summed E-state index contributed by atoms with van der Waals surface area (Å²) in [5.41, 5.74) is 0. The van der Waals surface area contributed by atoms with Crippen LogP contribution >= 0.6 is 0 Å². The molecule has 0 aliphatic carbocycles. The maximum Gasteiger partial charge on any atom is 0.188 e. The van der Waals surface area contributed by atoms with Crippen LogP contribution in [-0.2, 0) is 4.43 Å². The van der Waals surface area contributed by atoms with Crippen molar-refractivity contribution in [2.24, 2.45) is 0 Å². The lowest BCUT2D eigenvalue weighted by Crippen LogP contribution is -2.31. The lowest BCUT2D eigenvalue weighted by Gasteiger charge is -2.23. The van der Waals surface area contributed by atoms with Gasteiger partial charge < -0.3 is 4.43 Å². The molecule has 0 aliphatic heterocycles. The van der Waals surface area contributed by atoms with E-state index in [0.29, 0.717) is 0 Å². The van der Waals surface area contributed by atoms with Crippen LogP contribution in [0.2, 0.25) is 18.6 Å². The van der Waals surface area contributed by atoms with Crippen LogP contribution in [0, 0.1) is 0 Å². The molecule has 0 fully saturated rings. The molecule has 0 saturated carbocycles. The van der Waals surface area contributed by atoms with Gasteiger partial charge in [-0.3, -0.25) is 0 Å². The summed E-state index contributed by atoms with van der Waals surface area (Å²) >= 11 is 0. The minimum atomic E-state index is -1.27. The summed E-state index contributed by atoms with van der Waals surface area (Å²) in [5, 5.41) is 0. The first-order chi connectivity index (χ1) is 6.68. The second-order valence-corrected chi connectivity index (χ2v) is 9.04. The Morgan fingerprint density at radius 3 is 2.00 bits per heavy atom. The summed E-state index contributed by atoms with van der Waals surface area (Å²) in [4.78, 5) is 0. The summed E-state index contributed by atoms with van der Waals surface area (Å²) in [5.74, 6) is 0. The third kappa shape index (κ3) is 6.60. The smallest absolute Gasteiger partial charge is 0.188 e. The highest BCUT2D eigenvalue weighted by Gasteiger charge is 2.23. The van der Waals surface area contributed by atoms with Gasteiger partial charge in [0.15, 0.2) is 8.32 Å². The fourth-order valence-electron chi connectivity index (χ4n) is 1.70. The molecular weight excluding hydrogens is 188 g/mol. The van der Waals surface area contributed by atoms with E-state index in [4.69, 9.17) is 4.43 Å². The lowest BCUT2D eigenvalue weighted by atomic mass is 10.1. The summed E-state index contributed by atoms with van der Waals surface area (Å²) < 4.78 is 5.65. The largest absolute Gasteiger partial charge is 0.420 e. The topological polar surface area (TPSA) is 9.23 Å². The SMILES string of the molecule is CCCCCCCC[Si](C)(CC)OC. The normalized spacial score (nSPS) is 15.4. The van der Waals surface area contributed by atoms with Gasteiger partial charge in [0.2, 0.25) is 0 Å². The van der Waals surface area contributed by atoms with Gasteiger partial charge >= 0.3 is 0 Å². The van der Waals surface area contributed by atoms with Gasteiger partial charge in [0.25, 0.3) is 0 Å². The third-order valence-corrected chi connectivity index (χ3v) is 7.19. The first-order valence-electron chi connectivity index (χ1n) is 6.23. The molecule has 0 heterocycles. The Labute approximate surface area is 91.4 Å². The van der Waals surface area contributed by atoms with Crippen molar-refractivity contribution in [1.82, 2.24) is 0 Å². The predicted molar refractivity (Wildman–Crippen MR) is 67.3 cm³/mol. The van der Waals surface area contributed by atoms with Crippen LogP contribution in [0.25, 0.3) is 0 Å². The standard InChI is InChI=1S/C12H28OSi/c1-5-7-8-9-10-11-12-14(4,6-2)13-3/h5-12H2,1-4H3. The molecule has 0 bridgehead atoms. The van der Waals surface area contributed by atoms with E-state index < -0.39 is 8.32 Å². The van der Waals surface area contributed by atoms with Gasteiger partial charge in [-0.15, -0.1) is 0 Å². The fourth-order valence-corrected chi connectivity index (χ4v) is 3.55. The Balaban J connectivity index is 3.34. The molecule has 14 heavy (non-hydrogen) atoms. The Bertz CT molecular complexity index is 121. The van der Waals surface area contributed by atoms with Gasteiger partial charge in [-0.1, -0.05) is 52.4 Å². The number of hydrogen-bond donors (Lipinski definition) is 0. The van der Waals surface area contributed by atoms with E-state index in [-0.39, 0.29) is 0 Å². The average Bonchev–Trinajstić information content (AvgIpc) is 2.23. The fraction of sp³-hybridized carbons (Fsp3) is 1.00. The highest BCUT2D eigenvalue weighted by molar-refractivity contribution is 6.72. The van der Waals surface area contributed by atoms with E-state index in [2.05, 4.69) is 20.4 Å². The van der Waals surface area contributed by atoms with Crippen LogP contribution in [0.3, 0.4) is 0 Å². The number of unbranched alkanes of at least 4 members (excludes halogenated alkanes) is 5. The number of rotatable bonds is 9. The minimum Gasteiger partial charge on any atom is -0.420 e. The van der Waals surface area contributed by atoms with Crippen molar-refractivity contribution in [3.8, 4) is 0 Å². The average molecular weight is 216 g/mol. The number of hydrogen-bond acceptors (Lipinski definition) is 1.